The number of rotatable bonds is 5. The number of nitrogens with one attached hydrogen (secondary N) is 1. The molecule has 1 aromatic rings. The summed E-state index contributed by atoms with van der Waals surface area (Å²) in [6, 6.07) is 2.92. The number of alkyl halides is 3. The third-order valence-electron chi connectivity index (χ3n) is 2.23. The summed E-state index contributed by atoms with van der Waals surface area (Å²) in [6.07, 6.45) is -3.95. The van der Waals surface area contributed by atoms with Crippen molar-refractivity contribution < 1.29 is 22.7 Å². The van der Waals surface area contributed by atoms with Gasteiger partial charge in [-0.15, -0.1) is 0 Å². The van der Waals surface area contributed by atoms with Crippen LogP contribution in [-0.2, 0) is 11.0 Å². The first-order chi connectivity index (χ1) is 8.84. The van der Waals surface area contributed by atoms with E-state index in [0.29, 0.717) is 13.0 Å². The minimum absolute atomic E-state index is 0.0153. The lowest BCUT2D eigenvalue weighted by Crippen LogP contribution is -2.12. The smallest absolute Gasteiger partial charge is 0.416 e. The molecule has 1 amide bonds. The molecule has 0 saturated carbocycles. The predicted molar refractivity (Wildman–Crippen MR) is 64.9 cm³/mol. The maximum absolute atomic E-state index is 12.6. The lowest BCUT2D eigenvalue weighted by atomic mass is 10.2. The summed E-state index contributed by atoms with van der Waals surface area (Å²) in [4.78, 5) is 11.0. The first-order valence-corrected chi connectivity index (χ1v) is 5.66. The van der Waals surface area contributed by atoms with E-state index in [2.05, 4.69) is 5.32 Å². The highest BCUT2D eigenvalue weighted by Crippen LogP contribution is 2.35. The van der Waals surface area contributed by atoms with Crippen molar-refractivity contribution in [3.8, 4) is 5.75 Å². The molecule has 4 nitrogen and oxygen atoms in total. The second-order valence-electron chi connectivity index (χ2n) is 3.88. The molecule has 0 heterocycles. The lowest BCUT2D eigenvalue weighted by molar-refractivity contribution is -0.137. The number of hydrogen-bond acceptors (Lipinski definition) is 3. The third kappa shape index (κ3) is 4.78. The summed E-state index contributed by atoms with van der Waals surface area (Å²) < 4.78 is 43.0. The molecule has 1 aromatic carbocycles. The number of hydrogen-bond donors (Lipinski definition) is 2. The van der Waals surface area contributed by atoms with Crippen LogP contribution in [0.1, 0.15) is 18.9 Å². The maximum atomic E-state index is 12.6. The Bertz CT molecular complexity index is 447. The molecule has 0 aliphatic heterocycles. The van der Waals surface area contributed by atoms with Gasteiger partial charge >= 0.3 is 6.18 Å². The van der Waals surface area contributed by atoms with Crippen molar-refractivity contribution >= 4 is 11.6 Å². The van der Waals surface area contributed by atoms with Gasteiger partial charge in [-0.25, -0.2) is 0 Å². The van der Waals surface area contributed by atoms with Crippen LogP contribution in [0, 0.1) is 0 Å². The molecule has 0 saturated heterocycles. The zero-order valence-corrected chi connectivity index (χ0v) is 10.4. The number of halogens is 3. The second-order valence-corrected chi connectivity index (χ2v) is 3.88. The van der Waals surface area contributed by atoms with Crippen LogP contribution in [0.4, 0.5) is 18.9 Å². The van der Waals surface area contributed by atoms with E-state index in [1.54, 1.807) is 0 Å². The zero-order chi connectivity index (χ0) is 14.5. The Hall–Kier alpha value is -1.76. The van der Waals surface area contributed by atoms with Crippen molar-refractivity contribution in [3.05, 3.63) is 23.8 Å². The Labute approximate surface area is 108 Å². The van der Waals surface area contributed by atoms with Crippen molar-refractivity contribution in [2.24, 2.45) is 5.73 Å². The molecule has 1 rings (SSSR count). The Balaban J connectivity index is 3.00. The monoisotopic (exact) mass is 276 g/mol. The predicted octanol–water partition coefficient (Wildman–Crippen LogP) is 2.39. The SMILES string of the molecule is CC(=O)Nc1ccc(C(F)(F)F)cc1OCCCN. The first kappa shape index (κ1) is 15.3. The Morgan fingerprint density at radius 2 is 2.11 bits per heavy atom. The molecule has 0 spiro atoms. The number of ether oxygens (including phenoxy) is 1. The summed E-state index contributed by atoms with van der Waals surface area (Å²) in [5.41, 5.74) is 4.66. The van der Waals surface area contributed by atoms with Crippen LogP contribution in [0.3, 0.4) is 0 Å². The molecule has 0 aliphatic rings. The standard InChI is InChI=1S/C12H15F3N2O2/c1-8(18)17-10-4-3-9(12(13,14)15)7-11(10)19-6-2-5-16/h3-4,7H,2,5-6,16H2,1H3,(H,17,18). The average Bonchev–Trinajstić information content (AvgIpc) is 2.29. The zero-order valence-electron chi connectivity index (χ0n) is 10.4. The van der Waals surface area contributed by atoms with Gasteiger partial charge in [-0.3, -0.25) is 4.79 Å². The molecular weight excluding hydrogens is 261 g/mol. The Morgan fingerprint density at radius 3 is 2.63 bits per heavy atom. The van der Waals surface area contributed by atoms with E-state index in [-0.39, 0.29) is 24.0 Å². The highest BCUT2D eigenvalue weighted by atomic mass is 19.4. The van der Waals surface area contributed by atoms with Crippen LogP contribution < -0.4 is 15.8 Å². The van der Waals surface area contributed by atoms with Crippen LogP contribution in [0.5, 0.6) is 5.75 Å². The maximum Gasteiger partial charge on any atom is 0.416 e. The van der Waals surface area contributed by atoms with E-state index in [1.165, 1.54) is 13.0 Å². The third-order valence-corrected chi connectivity index (χ3v) is 2.23. The van der Waals surface area contributed by atoms with Crippen molar-refractivity contribution in [1.29, 1.82) is 0 Å². The number of amides is 1. The molecule has 0 aliphatic carbocycles. The molecule has 0 radical (unpaired) electrons. The fraction of sp³-hybridized carbons (Fsp3) is 0.417. The van der Waals surface area contributed by atoms with Gasteiger partial charge in [0.05, 0.1) is 17.9 Å². The number of nitrogens with two attached hydrogens (primary N) is 1. The van der Waals surface area contributed by atoms with Crippen LogP contribution in [0.2, 0.25) is 0 Å². The van der Waals surface area contributed by atoms with Gasteiger partial charge in [0.25, 0.3) is 0 Å². The van der Waals surface area contributed by atoms with E-state index >= 15 is 0 Å². The summed E-state index contributed by atoms with van der Waals surface area (Å²) in [7, 11) is 0. The molecule has 19 heavy (non-hydrogen) atoms. The fourth-order valence-corrected chi connectivity index (χ4v) is 1.38. The minimum Gasteiger partial charge on any atom is -0.491 e. The van der Waals surface area contributed by atoms with Gasteiger partial charge in [0.15, 0.2) is 0 Å². The molecule has 0 fully saturated rings. The van der Waals surface area contributed by atoms with Crippen molar-refractivity contribution in [2.45, 2.75) is 19.5 Å². The van der Waals surface area contributed by atoms with Crippen LogP contribution >= 0.6 is 0 Å². The Kier molecular flexibility index (Phi) is 5.17. The van der Waals surface area contributed by atoms with Gasteiger partial charge in [-0.1, -0.05) is 0 Å². The van der Waals surface area contributed by atoms with Crippen molar-refractivity contribution in [3.63, 3.8) is 0 Å². The number of carbonyl (C=O) groups excluding carboxylic acids is 1. The van der Waals surface area contributed by atoms with E-state index < -0.39 is 11.7 Å². The highest BCUT2D eigenvalue weighted by Gasteiger charge is 2.31. The van der Waals surface area contributed by atoms with Gasteiger partial charge < -0.3 is 15.8 Å². The van der Waals surface area contributed by atoms with Crippen LogP contribution in [0.15, 0.2) is 18.2 Å². The molecule has 3 N–H and O–H groups in total. The highest BCUT2D eigenvalue weighted by molar-refractivity contribution is 5.90. The van der Waals surface area contributed by atoms with Crippen molar-refractivity contribution in [2.75, 3.05) is 18.5 Å². The minimum atomic E-state index is -4.46. The van der Waals surface area contributed by atoms with Gasteiger partial charge in [0.2, 0.25) is 5.91 Å². The summed E-state index contributed by atoms with van der Waals surface area (Å²) >= 11 is 0. The molecule has 0 unspecified atom stereocenters. The number of carbonyl (C=O) groups is 1. The molecule has 7 heteroatoms. The summed E-state index contributed by atoms with van der Waals surface area (Å²) in [6.45, 7) is 1.82. The van der Waals surface area contributed by atoms with Gasteiger partial charge in [-0.05, 0) is 31.2 Å². The van der Waals surface area contributed by atoms with Crippen molar-refractivity contribution in [1.82, 2.24) is 0 Å². The Morgan fingerprint density at radius 1 is 1.42 bits per heavy atom. The quantitative estimate of drug-likeness (QED) is 0.812. The summed E-state index contributed by atoms with van der Waals surface area (Å²) in [5.74, 6) is -0.401. The molecule has 0 aromatic heterocycles. The van der Waals surface area contributed by atoms with Gasteiger partial charge in [0.1, 0.15) is 5.75 Å². The largest absolute Gasteiger partial charge is 0.491 e. The van der Waals surface area contributed by atoms with E-state index in [4.69, 9.17) is 10.5 Å². The fourth-order valence-electron chi connectivity index (χ4n) is 1.38. The van der Waals surface area contributed by atoms with Crippen LogP contribution in [-0.4, -0.2) is 19.1 Å². The van der Waals surface area contributed by atoms with Gasteiger partial charge in [0, 0.05) is 6.92 Å². The number of benzene rings is 1. The lowest BCUT2D eigenvalue weighted by Gasteiger charge is -2.14. The topological polar surface area (TPSA) is 64.3 Å². The normalized spacial score (nSPS) is 11.2. The van der Waals surface area contributed by atoms with E-state index in [0.717, 1.165) is 12.1 Å². The van der Waals surface area contributed by atoms with E-state index in [1.807, 2.05) is 0 Å². The second kappa shape index (κ2) is 6.42. The molecule has 106 valence electrons. The molecular formula is C12H15F3N2O2. The average molecular weight is 276 g/mol. The number of anilines is 1. The van der Waals surface area contributed by atoms with E-state index in [9.17, 15) is 18.0 Å². The summed E-state index contributed by atoms with van der Waals surface area (Å²) in [5, 5.41) is 2.42. The van der Waals surface area contributed by atoms with Crippen LogP contribution in [0.25, 0.3) is 0 Å². The molecule has 0 atom stereocenters. The van der Waals surface area contributed by atoms with Gasteiger partial charge in [-0.2, -0.15) is 13.2 Å². The molecule has 0 bridgehead atoms. The first-order valence-electron chi connectivity index (χ1n) is 5.66.